The summed E-state index contributed by atoms with van der Waals surface area (Å²) in [6.45, 7) is 12.4. The van der Waals surface area contributed by atoms with Crippen molar-refractivity contribution in [3.8, 4) is 0 Å². The van der Waals surface area contributed by atoms with E-state index in [4.69, 9.17) is 0 Å². The molecule has 1 nitrogen and oxygen atoms in total. The van der Waals surface area contributed by atoms with E-state index in [1.165, 1.54) is 0 Å². The summed E-state index contributed by atoms with van der Waals surface area (Å²) >= 11 is 0. The zero-order chi connectivity index (χ0) is 8.20. The minimum atomic E-state index is 0.119. The summed E-state index contributed by atoms with van der Waals surface area (Å²) < 4.78 is 0. The van der Waals surface area contributed by atoms with Crippen LogP contribution in [-0.2, 0) is 0 Å². The third-order valence-electron chi connectivity index (χ3n) is 1.80. The highest BCUT2D eigenvalue weighted by Gasteiger charge is 2.16. The van der Waals surface area contributed by atoms with Crippen molar-refractivity contribution in [1.82, 2.24) is 5.32 Å². The zero-order valence-corrected chi connectivity index (χ0v) is 7.57. The second kappa shape index (κ2) is 3.77. The summed E-state index contributed by atoms with van der Waals surface area (Å²) in [6, 6.07) is 0.531. The summed E-state index contributed by atoms with van der Waals surface area (Å²) in [6.07, 6.45) is 3.07. The van der Waals surface area contributed by atoms with Gasteiger partial charge in [-0.05, 0) is 13.3 Å². The fraction of sp³-hybridized carbons (Fsp3) is 0.778. The van der Waals surface area contributed by atoms with Gasteiger partial charge in [0.25, 0.3) is 0 Å². The van der Waals surface area contributed by atoms with Gasteiger partial charge in [-0.2, -0.15) is 0 Å². The quantitative estimate of drug-likeness (QED) is 0.592. The Balaban J connectivity index is 3.92. The van der Waals surface area contributed by atoms with E-state index in [2.05, 4.69) is 39.6 Å². The molecule has 0 aromatic carbocycles. The van der Waals surface area contributed by atoms with E-state index in [1.807, 2.05) is 6.08 Å². The van der Waals surface area contributed by atoms with Gasteiger partial charge in [0, 0.05) is 11.6 Å². The van der Waals surface area contributed by atoms with Crippen molar-refractivity contribution in [2.75, 3.05) is 0 Å². The van der Waals surface area contributed by atoms with Crippen LogP contribution in [0.25, 0.3) is 0 Å². The molecule has 0 aliphatic carbocycles. The van der Waals surface area contributed by atoms with Crippen molar-refractivity contribution < 1.29 is 0 Å². The first-order valence-electron chi connectivity index (χ1n) is 3.95. The van der Waals surface area contributed by atoms with Gasteiger partial charge in [-0.1, -0.05) is 26.8 Å². The van der Waals surface area contributed by atoms with Gasteiger partial charge in [-0.3, -0.25) is 0 Å². The molecule has 0 aliphatic rings. The van der Waals surface area contributed by atoms with E-state index in [1.54, 1.807) is 0 Å². The van der Waals surface area contributed by atoms with Crippen LogP contribution in [0, 0.1) is 0 Å². The Morgan fingerprint density at radius 1 is 1.60 bits per heavy atom. The lowest BCUT2D eigenvalue weighted by Gasteiger charge is -2.28. The Labute approximate surface area is 64.5 Å². The smallest absolute Gasteiger partial charge is 0.0332 e. The molecular weight excluding hydrogens is 122 g/mol. The Morgan fingerprint density at radius 2 is 2.10 bits per heavy atom. The normalized spacial score (nSPS) is 16.9. The maximum Gasteiger partial charge on any atom is 0.0332 e. The fourth-order valence-electron chi connectivity index (χ4n) is 0.965. The average Bonchev–Trinajstić information content (AvgIpc) is 1.87. The Bertz CT molecular complexity index is 107. The van der Waals surface area contributed by atoms with Crippen LogP contribution in [0.5, 0.6) is 0 Å². The van der Waals surface area contributed by atoms with Gasteiger partial charge in [-0.15, -0.1) is 6.58 Å². The molecule has 60 valence electrons. The third kappa shape index (κ3) is 3.02. The van der Waals surface area contributed by atoms with Crippen molar-refractivity contribution in [3.05, 3.63) is 12.7 Å². The predicted molar refractivity (Wildman–Crippen MR) is 47.2 cm³/mol. The topological polar surface area (TPSA) is 12.0 Å². The molecule has 0 heterocycles. The van der Waals surface area contributed by atoms with Crippen molar-refractivity contribution >= 4 is 0 Å². The van der Waals surface area contributed by atoms with E-state index in [9.17, 15) is 0 Å². The molecule has 1 heteroatoms. The van der Waals surface area contributed by atoms with E-state index in [0.717, 1.165) is 6.42 Å². The molecule has 0 radical (unpaired) electrons. The summed E-state index contributed by atoms with van der Waals surface area (Å²) in [5.41, 5.74) is 0.119. The highest BCUT2D eigenvalue weighted by atomic mass is 15.0. The largest absolute Gasteiger partial charge is 0.306 e. The van der Waals surface area contributed by atoms with Crippen LogP contribution in [0.15, 0.2) is 12.7 Å². The van der Waals surface area contributed by atoms with Crippen LogP contribution in [0.4, 0.5) is 0 Å². The van der Waals surface area contributed by atoms with Gasteiger partial charge in [0.05, 0.1) is 0 Å². The molecule has 0 aromatic rings. The molecule has 0 spiro atoms. The Hall–Kier alpha value is -0.300. The van der Waals surface area contributed by atoms with E-state index in [0.29, 0.717) is 6.04 Å². The van der Waals surface area contributed by atoms with Crippen LogP contribution in [0.3, 0.4) is 0 Å². The van der Waals surface area contributed by atoms with Gasteiger partial charge in [0.1, 0.15) is 0 Å². The summed E-state index contributed by atoms with van der Waals surface area (Å²) in [7, 11) is 0. The van der Waals surface area contributed by atoms with Crippen LogP contribution < -0.4 is 5.32 Å². The maximum absolute atomic E-state index is 3.79. The first kappa shape index (κ1) is 9.70. The van der Waals surface area contributed by atoms with Crippen molar-refractivity contribution in [2.45, 2.75) is 45.7 Å². The number of nitrogens with one attached hydrogen (secondary N) is 1. The van der Waals surface area contributed by atoms with Gasteiger partial charge < -0.3 is 5.32 Å². The van der Waals surface area contributed by atoms with Crippen LogP contribution in [0.2, 0.25) is 0 Å². The molecule has 1 atom stereocenters. The fourth-order valence-corrected chi connectivity index (χ4v) is 0.965. The molecule has 10 heavy (non-hydrogen) atoms. The first-order valence-corrected chi connectivity index (χ1v) is 3.95. The molecule has 0 aliphatic heterocycles. The van der Waals surface area contributed by atoms with Crippen LogP contribution in [0.1, 0.15) is 34.1 Å². The first-order chi connectivity index (χ1) is 4.54. The van der Waals surface area contributed by atoms with E-state index in [-0.39, 0.29) is 5.54 Å². The second-order valence-electron chi connectivity index (χ2n) is 3.27. The highest BCUT2D eigenvalue weighted by Crippen LogP contribution is 2.10. The maximum atomic E-state index is 3.79. The minimum absolute atomic E-state index is 0.119. The molecule has 0 aromatic heterocycles. The lowest BCUT2D eigenvalue weighted by molar-refractivity contribution is 0.386. The Morgan fingerprint density at radius 3 is 2.20 bits per heavy atom. The predicted octanol–water partition coefficient (Wildman–Crippen LogP) is 2.34. The van der Waals surface area contributed by atoms with Gasteiger partial charge in [0.2, 0.25) is 0 Å². The third-order valence-corrected chi connectivity index (χ3v) is 1.80. The van der Waals surface area contributed by atoms with Gasteiger partial charge >= 0.3 is 0 Å². The van der Waals surface area contributed by atoms with Crippen LogP contribution in [-0.4, -0.2) is 11.6 Å². The molecule has 0 saturated carbocycles. The molecule has 0 saturated heterocycles. The molecule has 1 unspecified atom stereocenters. The highest BCUT2D eigenvalue weighted by molar-refractivity contribution is 4.98. The SMILES string of the molecule is C=CC(C)(CC)NC(C)C. The van der Waals surface area contributed by atoms with Crippen molar-refractivity contribution in [1.29, 1.82) is 0 Å². The zero-order valence-electron chi connectivity index (χ0n) is 7.57. The molecule has 1 N–H and O–H groups in total. The minimum Gasteiger partial charge on any atom is -0.306 e. The summed E-state index contributed by atoms with van der Waals surface area (Å²) in [5, 5.41) is 3.44. The molecule has 0 rings (SSSR count). The molecule has 0 bridgehead atoms. The Kier molecular flexibility index (Phi) is 3.66. The van der Waals surface area contributed by atoms with Gasteiger partial charge in [-0.25, -0.2) is 0 Å². The summed E-state index contributed by atoms with van der Waals surface area (Å²) in [5.74, 6) is 0. The summed E-state index contributed by atoms with van der Waals surface area (Å²) in [4.78, 5) is 0. The number of rotatable bonds is 4. The monoisotopic (exact) mass is 141 g/mol. The second-order valence-corrected chi connectivity index (χ2v) is 3.27. The standard InChI is InChI=1S/C9H19N/c1-6-9(5,7-2)10-8(3)4/h6,8,10H,1,7H2,2-5H3. The van der Waals surface area contributed by atoms with Crippen LogP contribution >= 0.6 is 0 Å². The van der Waals surface area contributed by atoms with E-state index < -0.39 is 0 Å². The van der Waals surface area contributed by atoms with Crippen molar-refractivity contribution in [3.63, 3.8) is 0 Å². The number of hydrogen-bond acceptors (Lipinski definition) is 1. The lowest BCUT2D eigenvalue weighted by Crippen LogP contribution is -2.43. The number of hydrogen-bond donors (Lipinski definition) is 1. The molecular formula is C9H19N. The van der Waals surface area contributed by atoms with Crippen molar-refractivity contribution in [2.24, 2.45) is 0 Å². The van der Waals surface area contributed by atoms with Gasteiger partial charge in [0.15, 0.2) is 0 Å². The lowest BCUT2D eigenvalue weighted by atomic mass is 9.98. The van der Waals surface area contributed by atoms with E-state index >= 15 is 0 Å². The average molecular weight is 141 g/mol. The molecule has 0 amide bonds. The molecule has 0 fully saturated rings.